The standard InChI is InChI=1S/C12H18N2O/c1-3-10-7-11(14(2)13-10)8-12(15)6-9-4-5-9/h7,9H,3-6,8H2,1-2H3. The summed E-state index contributed by atoms with van der Waals surface area (Å²) in [4.78, 5) is 11.7. The summed E-state index contributed by atoms with van der Waals surface area (Å²) < 4.78 is 1.84. The number of carbonyl (C=O) groups excluding carboxylic acids is 1. The summed E-state index contributed by atoms with van der Waals surface area (Å²) in [5.74, 6) is 1.06. The Kier molecular flexibility index (Phi) is 2.89. The number of aromatic nitrogens is 2. The highest BCUT2D eigenvalue weighted by Gasteiger charge is 2.24. The van der Waals surface area contributed by atoms with Gasteiger partial charge in [0.15, 0.2) is 0 Å². The van der Waals surface area contributed by atoms with Gasteiger partial charge in [-0.1, -0.05) is 6.92 Å². The Hall–Kier alpha value is -1.12. The van der Waals surface area contributed by atoms with Crippen LogP contribution in [0.1, 0.15) is 37.6 Å². The second-order valence-electron chi connectivity index (χ2n) is 4.47. The Bertz CT molecular complexity index is 364. The van der Waals surface area contributed by atoms with Crippen LogP contribution in [0.2, 0.25) is 0 Å². The van der Waals surface area contributed by atoms with E-state index in [4.69, 9.17) is 0 Å². The van der Waals surface area contributed by atoms with Gasteiger partial charge in [-0.3, -0.25) is 9.48 Å². The van der Waals surface area contributed by atoms with E-state index >= 15 is 0 Å². The fourth-order valence-corrected chi connectivity index (χ4v) is 1.83. The highest BCUT2D eigenvalue weighted by molar-refractivity contribution is 5.81. The Morgan fingerprint density at radius 2 is 2.33 bits per heavy atom. The SMILES string of the molecule is CCc1cc(CC(=O)CC2CC2)n(C)n1. The van der Waals surface area contributed by atoms with E-state index in [1.807, 2.05) is 17.8 Å². The van der Waals surface area contributed by atoms with Crippen molar-refractivity contribution in [2.75, 3.05) is 0 Å². The monoisotopic (exact) mass is 206 g/mol. The van der Waals surface area contributed by atoms with Crippen LogP contribution < -0.4 is 0 Å². The molecule has 0 bridgehead atoms. The zero-order chi connectivity index (χ0) is 10.8. The summed E-state index contributed by atoms with van der Waals surface area (Å²) in [5.41, 5.74) is 2.13. The van der Waals surface area contributed by atoms with Crippen molar-refractivity contribution >= 4 is 5.78 Å². The maximum atomic E-state index is 11.7. The third-order valence-electron chi connectivity index (χ3n) is 2.98. The number of ketones is 1. The van der Waals surface area contributed by atoms with Crippen LogP contribution in [0.25, 0.3) is 0 Å². The van der Waals surface area contributed by atoms with E-state index in [2.05, 4.69) is 12.0 Å². The van der Waals surface area contributed by atoms with E-state index in [1.165, 1.54) is 12.8 Å². The van der Waals surface area contributed by atoms with Crippen molar-refractivity contribution in [2.45, 2.75) is 39.0 Å². The molecule has 0 atom stereocenters. The summed E-state index contributed by atoms with van der Waals surface area (Å²) in [5, 5.41) is 4.34. The lowest BCUT2D eigenvalue weighted by atomic mass is 10.1. The van der Waals surface area contributed by atoms with Crippen LogP contribution in [-0.2, 0) is 24.7 Å². The van der Waals surface area contributed by atoms with E-state index in [0.717, 1.165) is 24.2 Å². The third kappa shape index (κ3) is 2.67. The zero-order valence-corrected chi connectivity index (χ0v) is 9.49. The maximum Gasteiger partial charge on any atom is 0.139 e. The normalized spacial score (nSPS) is 15.6. The minimum Gasteiger partial charge on any atom is -0.299 e. The first-order chi connectivity index (χ1) is 7.19. The highest BCUT2D eigenvalue weighted by Crippen LogP contribution is 2.32. The number of Topliss-reactive ketones (excluding diaryl/α,β-unsaturated/α-hetero) is 1. The number of carbonyl (C=O) groups is 1. The molecule has 1 saturated carbocycles. The van der Waals surface area contributed by atoms with Gasteiger partial charge in [-0.15, -0.1) is 0 Å². The second kappa shape index (κ2) is 4.17. The van der Waals surface area contributed by atoms with Crippen molar-refractivity contribution in [3.8, 4) is 0 Å². The van der Waals surface area contributed by atoms with Gasteiger partial charge in [-0.2, -0.15) is 5.10 Å². The average molecular weight is 206 g/mol. The molecule has 82 valence electrons. The van der Waals surface area contributed by atoms with E-state index < -0.39 is 0 Å². The van der Waals surface area contributed by atoms with Crippen molar-refractivity contribution in [1.82, 2.24) is 9.78 Å². The lowest BCUT2D eigenvalue weighted by Gasteiger charge is -2.00. The number of nitrogens with zero attached hydrogens (tertiary/aromatic N) is 2. The zero-order valence-electron chi connectivity index (χ0n) is 9.49. The van der Waals surface area contributed by atoms with Crippen LogP contribution in [0.15, 0.2) is 6.07 Å². The van der Waals surface area contributed by atoms with Crippen molar-refractivity contribution in [3.63, 3.8) is 0 Å². The lowest BCUT2D eigenvalue weighted by molar-refractivity contribution is -0.118. The Labute approximate surface area is 90.5 Å². The number of hydrogen-bond donors (Lipinski definition) is 0. The first-order valence-electron chi connectivity index (χ1n) is 5.72. The van der Waals surface area contributed by atoms with Crippen LogP contribution in [0.4, 0.5) is 0 Å². The Morgan fingerprint density at radius 3 is 2.87 bits per heavy atom. The van der Waals surface area contributed by atoms with Gasteiger partial charge in [0.1, 0.15) is 5.78 Å². The molecular weight excluding hydrogens is 188 g/mol. The first kappa shape index (κ1) is 10.4. The third-order valence-corrected chi connectivity index (χ3v) is 2.98. The molecule has 0 amide bonds. The molecule has 1 aromatic heterocycles. The molecule has 0 unspecified atom stereocenters. The minimum absolute atomic E-state index is 0.364. The van der Waals surface area contributed by atoms with Gasteiger partial charge in [0.05, 0.1) is 5.69 Å². The second-order valence-corrected chi connectivity index (χ2v) is 4.47. The van der Waals surface area contributed by atoms with E-state index in [9.17, 15) is 4.79 Å². The van der Waals surface area contributed by atoms with E-state index in [-0.39, 0.29) is 0 Å². The molecule has 3 nitrogen and oxygen atoms in total. The minimum atomic E-state index is 0.364. The van der Waals surface area contributed by atoms with Crippen LogP contribution in [0.3, 0.4) is 0 Å². The molecule has 2 rings (SSSR count). The average Bonchev–Trinajstić information content (AvgIpc) is 2.92. The maximum absolute atomic E-state index is 11.7. The lowest BCUT2D eigenvalue weighted by Crippen LogP contribution is -2.07. The molecule has 1 aromatic rings. The first-order valence-corrected chi connectivity index (χ1v) is 5.72. The molecular formula is C12H18N2O. The Balaban J connectivity index is 1.95. The van der Waals surface area contributed by atoms with Crippen LogP contribution in [0.5, 0.6) is 0 Å². The van der Waals surface area contributed by atoms with Crippen LogP contribution in [0, 0.1) is 5.92 Å². The van der Waals surface area contributed by atoms with Crippen LogP contribution in [-0.4, -0.2) is 15.6 Å². The predicted octanol–water partition coefficient (Wildman–Crippen LogP) is 1.89. The van der Waals surface area contributed by atoms with E-state index in [1.54, 1.807) is 0 Å². The van der Waals surface area contributed by atoms with Gasteiger partial charge in [0.25, 0.3) is 0 Å². The topological polar surface area (TPSA) is 34.9 Å². The summed E-state index contributed by atoms with van der Waals surface area (Å²) in [7, 11) is 1.92. The number of rotatable bonds is 5. The number of aryl methyl sites for hydroxylation is 2. The molecule has 1 fully saturated rings. The molecule has 0 N–H and O–H groups in total. The molecule has 0 saturated heterocycles. The fraction of sp³-hybridized carbons (Fsp3) is 0.667. The molecule has 0 radical (unpaired) electrons. The summed E-state index contributed by atoms with van der Waals surface area (Å²) >= 11 is 0. The van der Waals surface area contributed by atoms with Crippen molar-refractivity contribution in [1.29, 1.82) is 0 Å². The van der Waals surface area contributed by atoms with E-state index in [0.29, 0.717) is 18.1 Å². The van der Waals surface area contributed by atoms with Gasteiger partial charge >= 0.3 is 0 Å². The summed E-state index contributed by atoms with van der Waals surface area (Å²) in [6.45, 7) is 2.08. The van der Waals surface area contributed by atoms with Gasteiger partial charge in [0.2, 0.25) is 0 Å². The van der Waals surface area contributed by atoms with Crippen molar-refractivity contribution < 1.29 is 4.79 Å². The van der Waals surface area contributed by atoms with Gasteiger partial charge in [0, 0.05) is 25.6 Å². The molecule has 1 aliphatic carbocycles. The predicted molar refractivity (Wildman–Crippen MR) is 58.6 cm³/mol. The van der Waals surface area contributed by atoms with Crippen molar-refractivity contribution in [2.24, 2.45) is 13.0 Å². The molecule has 3 heteroatoms. The molecule has 15 heavy (non-hydrogen) atoms. The molecule has 0 aliphatic heterocycles. The van der Waals surface area contributed by atoms with Gasteiger partial charge in [-0.25, -0.2) is 0 Å². The van der Waals surface area contributed by atoms with Gasteiger partial charge < -0.3 is 0 Å². The highest BCUT2D eigenvalue weighted by atomic mass is 16.1. The van der Waals surface area contributed by atoms with Crippen LogP contribution >= 0.6 is 0 Å². The largest absolute Gasteiger partial charge is 0.299 e. The summed E-state index contributed by atoms with van der Waals surface area (Å²) in [6, 6.07) is 2.05. The van der Waals surface area contributed by atoms with Gasteiger partial charge in [-0.05, 0) is 31.2 Å². The smallest absolute Gasteiger partial charge is 0.139 e. The molecule has 0 aromatic carbocycles. The summed E-state index contributed by atoms with van der Waals surface area (Å²) in [6.07, 6.45) is 4.76. The quantitative estimate of drug-likeness (QED) is 0.737. The number of hydrogen-bond acceptors (Lipinski definition) is 2. The molecule has 0 spiro atoms. The van der Waals surface area contributed by atoms with Crippen molar-refractivity contribution in [3.05, 3.63) is 17.5 Å². The molecule has 1 aliphatic rings. The molecule has 1 heterocycles. The Morgan fingerprint density at radius 1 is 1.60 bits per heavy atom. The fourth-order valence-electron chi connectivity index (χ4n) is 1.83.